The van der Waals surface area contributed by atoms with Crippen LogP contribution in [0.25, 0.3) is 4.96 Å². The smallest absolute Gasteiger partial charge is 0.193 e. The van der Waals surface area contributed by atoms with Crippen molar-refractivity contribution in [3.63, 3.8) is 0 Å². The molecule has 0 aliphatic rings. The molecule has 3 nitrogen and oxygen atoms in total. The standard InChI is InChI=1S/C8H11N3S/c9-3-1-2-7-6-12-8-10-4-5-11(7)8/h4-6H,1-3,9H2. The summed E-state index contributed by atoms with van der Waals surface area (Å²) < 4.78 is 2.13. The predicted octanol–water partition coefficient (Wildman–Crippen LogP) is 1.29. The van der Waals surface area contributed by atoms with Gasteiger partial charge in [0.05, 0.1) is 0 Å². The molecule has 2 heterocycles. The van der Waals surface area contributed by atoms with E-state index < -0.39 is 0 Å². The van der Waals surface area contributed by atoms with Gasteiger partial charge in [0.25, 0.3) is 0 Å². The highest BCUT2D eigenvalue weighted by Gasteiger charge is 2.01. The van der Waals surface area contributed by atoms with E-state index in [1.807, 2.05) is 12.4 Å². The molecule has 2 N–H and O–H groups in total. The molecule has 0 saturated carbocycles. The Balaban J connectivity index is 2.28. The van der Waals surface area contributed by atoms with Crippen molar-refractivity contribution in [2.45, 2.75) is 12.8 Å². The number of imidazole rings is 1. The third-order valence-corrected chi connectivity index (χ3v) is 2.76. The number of nitrogens with two attached hydrogens (primary N) is 1. The van der Waals surface area contributed by atoms with Gasteiger partial charge in [0.1, 0.15) is 0 Å². The topological polar surface area (TPSA) is 43.3 Å². The van der Waals surface area contributed by atoms with Gasteiger partial charge in [-0.15, -0.1) is 11.3 Å². The van der Waals surface area contributed by atoms with Crippen molar-refractivity contribution in [2.24, 2.45) is 5.73 Å². The van der Waals surface area contributed by atoms with E-state index >= 15 is 0 Å². The monoisotopic (exact) mass is 181 g/mol. The summed E-state index contributed by atoms with van der Waals surface area (Å²) in [6.07, 6.45) is 5.92. The van der Waals surface area contributed by atoms with Crippen molar-refractivity contribution in [3.8, 4) is 0 Å². The van der Waals surface area contributed by atoms with Crippen LogP contribution in [0.1, 0.15) is 12.1 Å². The Labute approximate surface area is 74.8 Å². The third kappa shape index (κ3) is 1.23. The number of nitrogens with zero attached hydrogens (tertiary/aromatic N) is 2. The average Bonchev–Trinajstić information content (AvgIpc) is 2.62. The number of fused-ring (bicyclic) bond motifs is 1. The fraction of sp³-hybridized carbons (Fsp3) is 0.375. The van der Waals surface area contributed by atoms with E-state index in [0.29, 0.717) is 0 Å². The molecule has 0 radical (unpaired) electrons. The molecule has 2 aromatic heterocycles. The molecule has 4 heteroatoms. The zero-order chi connectivity index (χ0) is 8.39. The van der Waals surface area contributed by atoms with Crippen molar-refractivity contribution in [1.82, 2.24) is 9.38 Å². The van der Waals surface area contributed by atoms with Crippen molar-refractivity contribution in [1.29, 1.82) is 0 Å². The molecular weight excluding hydrogens is 170 g/mol. The molecule has 0 atom stereocenters. The summed E-state index contributed by atoms with van der Waals surface area (Å²) in [5.74, 6) is 0. The molecule has 2 rings (SSSR count). The molecule has 0 bridgehead atoms. The molecule has 0 aromatic carbocycles. The zero-order valence-corrected chi connectivity index (χ0v) is 7.55. The normalized spacial score (nSPS) is 11.1. The van der Waals surface area contributed by atoms with Gasteiger partial charge in [0, 0.05) is 23.5 Å². The van der Waals surface area contributed by atoms with Gasteiger partial charge >= 0.3 is 0 Å². The maximum absolute atomic E-state index is 5.44. The van der Waals surface area contributed by atoms with Crippen LogP contribution in [0.2, 0.25) is 0 Å². The minimum Gasteiger partial charge on any atom is -0.330 e. The molecule has 0 amide bonds. The van der Waals surface area contributed by atoms with Crippen LogP contribution in [0, 0.1) is 0 Å². The Morgan fingerprint density at radius 3 is 3.33 bits per heavy atom. The second kappa shape index (κ2) is 3.25. The van der Waals surface area contributed by atoms with Gasteiger partial charge in [-0.25, -0.2) is 4.98 Å². The molecule has 12 heavy (non-hydrogen) atoms. The highest BCUT2D eigenvalue weighted by Crippen LogP contribution is 2.15. The summed E-state index contributed by atoms with van der Waals surface area (Å²) in [6.45, 7) is 0.756. The van der Waals surface area contributed by atoms with E-state index in [2.05, 4.69) is 14.8 Å². The maximum atomic E-state index is 5.44. The Kier molecular flexibility index (Phi) is 2.10. The summed E-state index contributed by atoms with van der Waals surface area (Å²) in [4.78, 5) is 5.27. The van der Waals surface area contributed by atoms with Crippen molar-refractivity contribution < 1.29 is 0 Å². The lowest BCUT2D eigenvalue weighted by atomic mass is 10.2. The number of hydrogen-bond acceptors (Lipinski definition) is 3. The van der Waals surface area contributed by atoms with Gasteiger partial charge in [-0.3, -0.25) is 4.40 Å². The van der Waals surface area contributed by atoms with Crippen LogP contribution < -0.4 is 5.73 Å². The van der Waals surface area contributed by atoms with E-state index in [1.54, 1.807) is 11.3 Å². The van der Waals surface area contributed by atoms with Crippen LogP contribution in [0.15, 0.2) is 17.8 Å². The third-order valence-electron chi connectivity index (χ3n) is 1.85. The van der Waals surface area contributed by atoms with Crippen LogP contribution in [-0.2, 0) is 6.42 Å². The van der Waals surface area contributed by atoms with Crippen LogP contribution in [0.5, 0.6) is 0 Å². The Morgan fingerprint density at radius 1 is 1.58 bits per heavy atom. The van der Waals surface area contributed by atoms with Gasteiger partial charge in [0.2, 0.25) is 0 Å². The summed E-state index contributed by atoms with van der Waals surface area (Å²) in [5, 5.41) is 2.15. The summed E-state index contributed by atoms with van der Waals surface area (Å²) >= 11 is 1.68. The molecule has 0 saturated heterocycles. The van der Waals surface area contributed by atoms with Crippen LogP contribution >= 0.6 is 11.3 Å². The molecule has 0 aliphatic heterocycles. The second-order valence-corrected chi connectivity index (χ2v) is 3.54. The maximum Gasteiger partial charge on any atom is 0.193 e. The molecular formula is C8H11N3S. The number of aryl methyl sites for hydroxylation is 1. The first kappa shape index (κ1) is 7.76. The van der Waals surface area contributed by atoms with Crippen molar-refractivity contribution >= 4 is 16.3 Å². The molecule has 2 aromatic rings. The average molecular weight is 181 g/mol. The highest BCUT2D eigenvalue weighted by molar-refractivity contribution is 7.15. The molecule has 64 valence electrons. The fourth-order valence-electron chi connectivity index (χ4n) is 1.24. The summed E-state index contributed by atoms with van der Waals surface area (Å²) in [7, 11) is 0. The van der Waals surface area contributed by atoms with E-state index in [9.17, 15) is 0 Å². The van der Waals surface area contributed by atoms with Crippen LogP contribution in [0.4, 0.5) is 0 Å². The second-order valence-electron chi connectivity index (χ2n) is 2.70. The van der Waals surface area contributed by atoms with Gasteiger partial charge in [-0.1, -0.05) is 0 Å². The van der Waals surface area contributed by atoms with Gasteiger partial charge in [-0.2, -0.15) is 0 Å². The highest BCUT2D eigenvalue weighted by atomic mass is 32.1. The number of rotatable bonds is 3. The first-order valence-corrected chi connectivity index (χ1v) is 4.89. The lowest BCUT2D eigenvalue weighted by Crippen LogP contribution is -2.01. The lowest BCUT2D eigenvalue weighted by Gasteiger charge is -1.95. The number of aromatic nitrogens is 2. The van der Waals surface area contributed by atoms with Crippen LogP contribution in [-0.4, -0.2) is 15.9 Å². The van der Waals surface area contributed by atoms with Crippen LogP contribution in [0.3, 0.4) is 0 Å². The Hall–Kier alpha value is -0.870. The van der Waals surface area contributed by atoms with Gasteiger partial charge in [0.15, 0.2) is 4.96 Å². The van der Waals surface area contributed by atoms with Gasteiger partial charge in [-0.05, 0) is 19.4 Å². The number of thiazole rings is 1. The Morgan fingerprint density at radius 2 is 2.50 bits per heavy atom. The largest absolute Gasteiger partial charge is 0.330 e. The van der Waals surface area contributed by atoms with Crippen molar-refractivity contribution in [3.05, 3.63) is 23.5 Å². The molecule has 0 fully saturated rings. The first-order valence-electron chi connectivity index (χ1n) is 4.01. The van der Waals surface area contributed by atoms with Gasteiger partial charge < -0.3 is 5.73 Å². The molecule has 0 unspecified atom stereocenters. The fourth-order valence-corrected chi connectivity index (χ4v) is 2.12. The minimum atomic E-state index is 0.756. The van der Waals surface area contributed by atoms with E-state index in [1.165, 1.54) is 5.69 Å². The minimum absolute atomic E-state index is 0.756. The zero-order valence-electron chi connectivity index (χ0n) is 6.73. The Bertz CT molecular complexity index is 363. The quantitative estimate of drug-likeness (QED) is 0.775. The SMILES string of the molecule is NCCCc1csc2nccn12. The predicted molar refractivity (Wildman–Crippen MR) is 50.4 cm³/mol. The lowest BCUT2D eigenvalue weighted by molar-refractivity contribution is 0.804. The molecule has 0 aliphatic carbocycles. The first-order chi connectivity index (χ1) is 5.92. The molecule has 0 spiro atoms. The van der Waals surface area contributed by atoms with Crippen molar-refractivity contribution in [2.75, 3.05) is 6.54 Å². The summed E-state index contributed by atoms with van der Waals surface area (Å²) in [5.41, 5.74) is 6.76. The van der Waals surface area contributed by atoms with E-state index in [0.717, 1.165) is 24.3 Å². The number of hydrogen-bond donors (Lipinski definition) is 1. The summed E-state index contributed by atoms with van der Waals surface area (Å²) in [6, 6.07) is 0. The van der Waals surface area contributed by atoms with E-state index in [4.69, 9.17) is 5.73 Å². The van der Waals surface area contributed by atoms with E-state index in [-0.39, 0.29) is 0 Å².